The summed E-state index contributed by atoms with van der Waals surface area (Å²) in [4.78, 5) is 18.2. The van der Waals surface area contributed by atoms with Crippen LogP contribution in [0.2, 0.25) is 0 Å². The predicted octanol–water partition coefficient (Wildman–Crippen LogP) is 0.882. The first-order valence-electron chi connectivity index (χ1n) is 4.39. The fourth-order valence-corrected chi connectivity index (χ4v) is 0.816. The second-order valence-corrected chi connectivity index (χ2v) is 2.87. The van der Waals surface area contributed by atoms with Crippen molar-refractivity contribution in [2.75, 3.05) is 0 Å². The Balaban J connectivity index is 0.000000325. The van der Waals surface area contributed by atoms with E-state index in [4.69, 9.17) is 25.0 Å². The Morgan fingerprint density at radius 1 is 1.12 bits per heavy atom. The molecule has 1 rings (SSSR count). The van der Waals surface area contributed by atoms with Gasteiger partial charge in [0.05, 0.1) is 6.04 Å². The summed E-state index contributed by atoms with van der Waals surface area (Å²) in [7, 11) is 0. The van der Waals surface area contributed by atoms with E-state index in [1.807, 2.05) is 37.3 Å². The normalized spacial score (nSPS) is 10.9. The van der Waals surface area contributed by atoms with E-state index in [0.29, 0.717) is 0 Å². The minimum Gasteiger partial charge on any atom is -0.473 e. The van der Waals surface area contributed by atoms with Crippen molar-refractivity contribution in [3.05, 3.63) is 35.9 Å². The third-order valence-electron chi connectivity index (χ3n) is 1.68. The lowest BCUT2D eigenvalue weighted by atomic mass is 10.1. The van der Waals surface area contributed by atoms with Crippen LogP contribution in [0.1, 0.15) is 18.5 Å². The van der Waals surface area contributed by atoms with Gasteiger partial charge in [0.15, 0.2) is 0 Å². The van der Waals surface area contributed by atoms with Crippen LogP contribution in [0.15, 0.2) is 30.3 Å². The van der Waals surface area contributed by atoms with Crippen LogP contribution in [-0.2, 0) is 9.59 Å². The number of rotatable bonds is 2. The number of carboxylic acids is 2. The lowest BCUT2D eigenvalue weighted by Crippen LogP contribution is -2.12. The minimum atomic E-state index is -1.82. The van der Waals surface area contributed by atoms with Gasteiger partial charge in [-0.05, 0) is 12.5 Å². The number of aliphatic carboxylic acids is 2. The molecule has 0 aliphatic rings. The van der Waals surface area contributed by atoms with Gasteiger partial charge < -0.3 is 15.4 Å². The van der Waals surface area contributed by atoms with E-state index < -0.39 is 11.9 Å². The van der Waals surface area contributed by atoms with E-state index in [1.165, 1.54) is 0 Å². The molecule has 0 amide bonds. The Morgan fingerprint density at radius 2 is 1.56 bits per heavy atom. The summed E-state index contributed by atoms with van der Waals surface area (Å²) in [5.74, 6) is -3.65. The Bertz CT molecular complexity index is 326. The number of hydroxylamine groups is 1. The summed E-state index contributed by atoms with van der Waals surface area (Å²) in [6.45, 7) is 1.90. The lowest BCUT2D eigenvalue weighted by molar-refractivity contribution is -0.159. The molecule has 1 aromatic carbocycles. The highest BCUT2D eigenvalue weighted by atomic mass is 16.5. The minimum absolute atomic E-state index is 0.0150. The van der Waals surface area contributed by atoms with Gasteiger partial charge in [-0.3, -0.25) is 0 Å². The van der Waals surface area contributed by atoms with Crippen molar-refractivity contribution < 1.29 is 25.0 Å². The van der Waals surface area contributed by atoms with Crippen LogP contribution in [0.25, 0.3) is 0 Å². The van der Waals surface area contributed by atoms with Crippen LogP contribution >= 0.6 is 0 Å². The number of carboxylic acid groups (broad SMARTS) is 2. The van der Waals surface area contributed by atoms with Crippen molar-refractivity contribution in [2.24, 2.45) is 0 Å². The molecule has 6 nitrogen and oxygen atoms in total. The largest absolute Gasteiger partial charge is 0.473 e. The first-order chi connectivity index (χ1) is 7.49. The zero-order valence-corrected chi connectivity index (χ0v) is 8.62. The highest BCUT2D eigenvalue weighted by molar-refractivity contribution is 6.27. The number of hydrogen-bond acceptors (Lipinski definition) is 4. The zero-order valence-electron chi connectivity index (χ0n) is 8.62. The SMILES string of the molecule is C[C@@H](NO)c1ccccc1.O=C(O)C(=O)O. The molecule has 0 bridgehead atoms. The van der Waals surface area contributed by atoms with Crippen LogP contribution < -0.4 is 5.48 Å². The van der Waals surface area contributed by atoms with E-state index >= 15 is 0 Å². The zero-order chi connectivity index (χ0) is 12.6. The molecule has 0 fully saturated rings. The van der Waals surface area contributed by atoms with Gasteiger partial charge in [0.2, 0.25) is 0 Å². The average Bonchev–Trinajstić information content (AvgIpc) is 2.30. The Labute approximate surface area is 92.1 Å². The van der Waals surface area contributed by atoms with Gasteiger partial charge in [-0.15, -0.1) is 0 Å². The van der Waals surface area contributed by atoms with E-state index in [0.717, 1.165) is 5.56 Å². The van der Waals surface area contributed by atoms with Gasteiger partial charge in [-0.2, -0.15) is 5.48 Å². The second kappa shape index (κ2) is 7.38. The maximum atomic E-state index is 9.10. The van der Waals surface area contributed by atoms with E-state index in [-0.39, 0.29) is 6.04 Å². The number of hydrogen-bond donors (Lipinski definition) is 4. The van der Waals surface area contributed by atoms with Crippen molar-refractivity contribution >= 4 is 11.9 Å². The molecule has 0 saturated heterocycles. The monoisotopic (exact) mass is 227 g/mol. The predicted molar refractivity (Wildman–Crippen MR) is 55.1 cm³/mol. The molecule has 0 aliphatic heterocycles. The van der Waals surface area contributed by atoms with Crippen molar-refractivity contribution in [1.29, 1.82) is 0 Å². The van der Waals surface area contributed by atoms with Crippen LogP contribution in [0.5, 0.6) is 0 Å². The molecule has 0 radical (unpaired) electrons. The molecular weight excluding hydrogens is 214 g/mol. The third kappa shape index (κ3) is 5.74. The van der Waals surface area contributed by atoms with Crippen molar-refractivity contribution in [2.45, 2.75) is 13.0 Å². The van der Waals surface area contributed by atoms with Crippen LogP contribution in [0.4, 0.5) is 0 Å². The molecule has 0 unspecified atom stereocenters. The van der Waals surface area contributed by atoms with Gasteiger partial charge in [0.25, 0.3) is 0 Å². The van der Waals surface area contributed by atoms with Gasteiger partial charge >= 0.3 is 11.9 Å². The van der Waals surface area contributed by atoms with Gasteiger partial charge in [-0.25, -0.2) is 9.59 Å². The highest BCUT2D eigenvalue weighted by Crippen LogP contribution is 2.09. The molecular formula is C10H13NO5. The van der Waals surface area contributed by atoms with Gasteiger partial charge in [0, 0.05) is 0 Å². The lowest BCUT2D eigenvalue weighted by Gasteiger charge is -2.07. The van der Waals surface area contributed by atoms with Crippen LogP contribution in [-0.4, -0.2) is 27.4 Å². The summed E-state index contributed by atoms with van der Waals surface area (Å²) >= 11 is 0. The molecule has 1 aromatic rings. The molecule has 0 aliphatic carbocycles. The molecule has 4 N–H and O–H groups in total. The summed E-state index contributed by atoms with van der Waals surface area (Å²) in [5, 5.41) is 23.3. The summed E-state index contributed by atoms with van der Waals surface area (Å²) in [5.41, 5.74) is 3.27. The Hall–Kier alpha value is -1.92. The topological polar surface area (TPSA) is 107 Å². The Morgan fingerprint density at radius 3 is 1.88 bits per heavy atom. The number of nitrogens with one attached hydrogen (secondary N) is 1. The van der Waals surface area contributed by atoms with E-state index in [1.54, 1.807) is 0 Å². The molecule has 1 atom stereocenters. The summed E-state index contributed by atoms with van der Waals surface area (Å²) in [6, 6.07) is 9.79. The fourth-order valence-electron chi connectivity index (χ4n) is 0.816. The summed E-state index contributed by atoms with van der Waals surface area (Å²) < 4.78 is 0. The first kappa shape index (κ1) is 14.1. The second-order valence-electron chi connectivity index (χ2n) is 2.87. The van der Waals surface area contributed by atoms with Crippen LogP contribution in [0, 0.1) is 0 Å². The fraction of sp³-hybridized carbons (Fsp3) is 0.200. The molecule has 0 saturated carbocycles. The smallest absolute Gasteiger partial charge is 0.414 e. The first-order valence-corrected chi connectivity index (χ1v) is 4.39. The van der Waals surface area contributed by atoms with Crippen molar-refractivity contribution in [3.63, 3.8) is 0 Å². The van der Waals surface area contributed by atoms with Crippen LogP contribution in [0.3, 0.4) is 0 Å². The molecule has 16 heavy (non-hydrogen) atoms. The van der Waals surface area contributed by atoms with Gasteiger partial charge in [-0.1, -0.05) is 30.3 Å². The maximum Gasteiger partial charge on any atom is 0.414 e. The van der Waals surface area contributed by atoms with E-state index in [9.17, 15) is 0 Å². The van der Waals surface area contributed by atoms with Crippen molar-refractivity contribution in [3.8, 4) is 0 Å². The molecule has 0 spiro atoms. The highest BCUT2D eigenvalue weighted by Gasteiger charge is 2.04. The van der Waals surface area contributed by atoms with Gasteiger partial charge in [0.1, 0.15) is 0 Å². The average molecular weight is 227 g/mol. The number of carbonyl (C=O) groups is 2. The standard InChI is InChI=1S/C8H11NO.C2H2O4/c1-7(9-10)8-5-3-2-4-6-8;3-1(4)2(5)6/h2-7,9-10H,1H3;(H,3,4)(H,5,6)/t7-;/m1./s1. The molecule has 0 aromatic heterocycles. The summed E-state index contributed by atoms with van der Waals surface area (Å²) in [6.07, 6.45) is 0. The molecule has 0 heterocycles. The molecule has 88 valence electrons. The van der Waals surface area contributed by atoms with Crippen molar-refractivity contribution in [1.82, 2.24) is 5.48 Å². The molecule has 6 heteroatoms. The quantitative estimate of drug-likeness (QED) is 0.441. The third-order valence-corrected chi connectivity index (χ3v) is 1.68. The Kier molecular flexibility index (Phi) is 6.50. The number of benzene rings is 1. The maximum absolute atomic E-state index is 9.10. The van der Waals surface area contributed by atoms with E-state index in [2.05, 4.69) is 5.48 Å².